The van der Waals surface area contributed by atoms with Crippen LogP contribution in [-0.4, -0.2) is 34.8 Å². The zero-order chi connectivity index (χ0) is 21.0. The van der Waals surface area contributed by atoms with E-state index in [-0.39, 0.29) is 11.3 Å². The summed E-state index contributed by atoms with van der Waals surface area (Å²) in [5.74, 6) is -0.669. The van der Waals surface area contributed by atoms with Gasteiger partial charge in [0.15, 0.2) is 0 Å². The second-order valence-corrected chi connectivity index (χ2v) is 7.28. The Kier molecular flexibility index (Phi) is 6.37. The van der Waals surface area contributed by atoms with Gasteiger partial charge in [0.05, 0.1) is 18.2 Å². The highest BCUT2D eigenvalue weighted by Crippen LogP contribution is 2.39. The smallest absolute Gasteiger partial charge is 0.295 e. The summed E-state index contributed by atoms with van der Waals surface area (Å²) in [5.41, 5.74) is 2.47. The number of aryl methyl sites for hydroxylation is 1. The second kappa shape index (κ2) is 8.95. The van der Waals surface area contributed by atoms with Gasteiger partial charge in [-0.15, -0.1) is 0 Å². The number of aliphatic hydroxyl groups excluding tert-OH is 1. The van der Waals surface area contributed by atoms with Crippen LogP contribution in [0, 0.1) is 6.92 Å². The van der Waals surface area contributed by atoms with E-state index >= 15 is 0 Å². The number of carbonyl (C=O) groups is 2. The molecule has 2 aromatic carbocycles. The molecular weight excluding hydrogens is 366 g/mol. The minimum Gasteiger partial charge on any atom is -0.507 e. The van der Waals surface area contributed by atoms with Gasteiger partial charge in [0.25, 0.3) is 11.7 Å². The molecule has 2 aromatic rings. The summed E-state index contributed by atoms with van der Waals surface area (Å²) in [6.45, 7) is 7.01. The number of hydrogen-bond acceptors (Lipinski definition) is 4. The lowest BCUT2D eigenvalue weighted by Crippen LogP contribution is -2.30. The molecule has 0 spiro atoms. The van der Waals surface area contributed by atoms with E-state index in [0.717, 1.165) is 24.0 Å². The van der Waals surface area contributed by atoms with E-state index in [4.69, 9.17) is 4.74 Å². The van der Waals surface area contributed by atoms with Crippen molar-refractivity contribution in [3.63, 3.8) is 0 Å². The molecule has 1 atom stereocenters. The first-order chi connectivity index (χ1) is 14.0. The van der Waals surface area contributed by atoms with E-state index in [9.17, 15) is 14.7 Å². The maximum atomic E-state index is 12.8. The molecule has 5 nitrogen and oxygen atoms in total. The quantitative estimate of drug-likeness (QED) is 0.424. The van der Waals surface area contributed by atoms with E-state index in [1.807, 2.05) is 45.0 Å². The zero-order valence-corrected chi connectivity index (χ0v) is 17.1. The van der Waals surface area contributed by atoms with Crippen molar-refractivity contribution in [2.75, 3.05) is 13.2 Å². The fourth-order valence-electron chi connectivity index (χ4n) is 3.62. The van der Waals surface area contributed by atoms with Crippen LogP contribution in [0.3, 0.4) is 0 Å². The third-order valence-corrected chi connectivity index (χ3v) is 4.96. The molecule has 0 aliphatic carbocycles. The number of nitrogens with zero attached hydrogens (tertiary/aromatic N) is 1. The first-order valence-corrected chi connectivity index (χ1v) is 10.1. The van der Waals surface area contributed by atoms with Crippen molar-refractivity contribution in [3.8, 4) is 5.75 Å². The summed E-state index contributed by atoms with van der Waals surface area (Å²) in [5, 5.41) is 11.0. The molecule has 1 aliphatic rings. The highest BCUT2D eigenvalue weighted by molar-refractivity contribution is 6.46. The number of carbonyl (C=O) groups excluding carboxylic acids is 2. The van der Waals surface area contributed by atoms with Crippen LogP contribution >= 0.6 is 0 Å². The fraction of sp³-hybridized carbons (Fsp3) is 0.333. The number of rotatable bonds is 7. The number of amides is 1. The van der Waals surface area contributed by atoms with Gasteiger partial charge >= 0.3 is 0 Å². The largest absolute Gasteiger partial charge is 0.507 e. The molecular formula is C24H27NO4. The molecule has 1 saturated heterocycles. The second-order valence-electron chi connectivity index (χ2n) is 7.28. The minimum absolute atomic E-state index is 0.135. The Morgan fingerprint density at radius 1 is 1.07 bits per heavy atom. The van der Waals surface area contributed by atoms with Crippen LogP contribution in [0.5, 0.6) is 5.75 Å². The first-order valence-electron chi connectivity index (χ1n) is 10.1. The van der Waals surface area contributed by atoms with Gasteiger partial charge in [-0.1, -0.05) is 43.7 Å². The number of ether oxygens (including phenoxy) is 1. The van der Waals surface area contributed by atoms with Gasteiger partial charge in [-0.05, 0) is 49.6 Å². The van der Waals surface area contributed by atoms with E-state index in [0.29, 0.717) is 24.5 Å². The van der Waals surface area contributed by atoms with Crippen molar-refractivity contribution in [3.05, 3.63) is 70.8 Å². The summed E-state index contributed by atoms with van der Waals surface area (Å²) in [6.07, 6.45) is 1.62. The van der Waals surface area contributed by atoms with Crippen molar-refractivity contribution in [2.45, 2.75) is 39.7 Å². The Labute approximate surface area is 171 Å². The molecule has 1 fully saturated rings. The average molecular weight is 393 g/mol. The first kappa shape index (κ1) is 20.6. The summed E-state index contributed by atoms with van der Waals surface area (Å²) in [6, 6.07) is 14.0. The highest BCUT2D eigenvalue weighted by Gasteiger charge is 2.45. The number of aliphatic hydroxyl groups is 1. The maximum absolute atomic E-state index is 12.8. The Morgan fingerprint density at radius 2 is 1.79 bits per heavy atom. The van der Waals surface area contributed by atoms with E-state index in [2.05, 4.69) is 0 Å². The molecule has 3 rings (SSSR count). The number of likely N-dealkylation sites (tertiary alicyclic amines) is 1. The molecule has 1 amide bonds. The van der Waals surface area contributed by atoms with Gasteiger partial charge in [0.2, 0.25) is 0 Å². The summed E-state index contributed by atoms with van der Waals surface area (Å²) in [7, 11) is 0. The van der Waals surface area contributed by atoms with Crippen LogP contribution in [0.4, 0.5) is 0 Å². The third kappa shape index (κ3) is 4.19. The number of hydrogen-bond donors (Lipinski definition) is 1. The highest BCUT2D eigenvalue weighted by atomic mass is 16.5. The lowest BCUT2D eigenvalue weighted by Gasteiger charge is -2.25. The van der Waals surface area contributed by atoms with E-state index < -0.39 is 17.7 Å². The molecule has 5 heteroatoms. The van der Waals surface area contributed by atoms with Gasteiger partial charge in [-0.25, -0.2) is 0 Å². The van der Waals surface area contributed by atoms with Crippen LogP contribution in [0.1, 0.15) is 49.4 Å². The standard InChI is InChI=1S/C24H27NO4/c1-4-13-25-21(18-8-6-7-16(3)15-18)20(23(27)24(25)28)22(26)17-9-11-19(12-10-17)29-14-5-2/h6-12,15,21,26H,4-5,13-14H2,1-3H3/b22-20-. The van der Waals surface area contributed by atoms with Crippen molar-refractivity contribution in [2.24, 2.45) is 0 Å². The molecule has 1 heterocycles. The number of Topliss-reactive ketones (excluding diaryl/α,β-unsaturated/α-hetero) is 1. The van der Waals surface area contributed by atoms with Crippen molar-refractivity contribution < 1.29 is 19.4 Å². The normalized spacial score (nSPS) is 18.3. The molecule has 1 N–H and O–H groups in total. The van der Waals surface area contributed by atoms with E-state index in [1.54, 1.807) is 29.2 Å². The number of benzene rings is 2. The van der Waals surface area contributed by atoms with Crippen LogP contribution in [-0.2, 0) is 9.59 Å². The van der Waals surface area contributed by atoms with Crippen molar-refractivity contribution >= 4 is 17.4 Å². The molecule has 0 radical (unpaired) electrons. The van der Waals surface area contributed by atoms with Crippen molar-refractivity contribution in [1.82, 2.24) is 4.90 Å². The fourth-order valence-corrected chi connectivity index (χ4v) is 3.62. The molecule has 0 bridgehead atoms. The van der Waals surface area contributed by atoms with Gasteiger partial charge in [0.1, 0.15) is 11.5 Å². The topological polar surface area (TPSA) is 66.8 Å². The Balaban J connectivity index is 2.07. The van der Waals surface area contributed by atoms with Gasteiger partial charge in [-0.3, -0.25) is 9.59 Å². The Hall–Kier alpha value is -3.08. The third-order valence-electron chi connectivity index (χ3n) is 4.96. The molecule has 0 saturated carbocycles. The Morgan fingerprint density at radius 3 is 2.41 bits per heavy atom. The van der Waals surface area contributed by atoms with Crippen LogP contribution < -0.4 is 4.74 Å². The lowest BCUT2D eigenvalue weighted by molar-refractivity contribution is -0.139. The Bertz CT molecular complexity index is 930. The summed E-state index contributed by atoms with van der Waals surface area (Å²) >= 11 is 0. The summed E-state index contributed by atoms with van der Waals surface area (Å²) < 4.78 is 5.58. The number of ketones is 1. The maximum Gasteiger partial charge on any atom is 0.295 e. The van der Waals surface area contributed by atoms with Crippen LogP contribution in [0.2, 0.25) is 0 Å². The molecule has 1 unspecified atom stereocenters. The zero-order valence-electron chi connectivity index (χ0n) is 17.1. The molecule has 0 aromatic heterocycles. The lowest BCUT2D eigenvalue weighted by atomic mass is 9.94. The predicted octanol–water partition coefficient (Wildman–Crippen LogP) is 4.62. The summed E-state index contributed by atoms with van der Waals surface area (Å²) in [4.78, 5) is 27.1. The van der Waals surface area contributed by atoms with Gasteiger partial charge < -0.3 is 14.7 Å². The minimum atomic E-state index is -0.645. The molecule has 29 heavy (non-hydrogen) atoms. The SMILES string of the molecule is CCCOc1ccc(/C(O)=C2/C(=O)C(=O)N(CCC)C2c2cccc(C)c2)cc1. The van der Waals surface area contributed by atoms with Crippen LogP contribution in [0.25, 0.3) is 5.76 Å². The molecule has 1 aliphatic heterocycles. The van der Waals surface area contributed by atoms with Crippen LogP contribution in [0.15, 0.2) is 54.1 Å². The van der Waals surface area contributed by atoms with Crippen molar-refractivity contribution in [1.29, 1.82) is 0 Å². The monoisotopic (exact) mass is 393 g/mol. The van der Waals surface area contributed by atoms with Gasteiger partial charge in [-0.2, -0.15) is 0 Å². The predicted molar refractivity (Wildman–Crippen MR) is 113 cm³/mol. The van der Waals surface area contributed by atoms with Gasteiger partial charge in [0, 0.05) is 12.1 Å². The molecule has 152 valence electrons. The van der Waals surface area contributed by atoms with E-state index in [1.165, 1.54) is 0 Å². The average Bonchev–Trinajstić information content (AvgIpc) is 2.97.